The molecule has 0 spiro atoms. The van der Waals surface area contributed by atoms with E-state index in [0.29, 0.717) is 12.0 Å². The maximum atomic E-state index is 12.9. The van der Waals surface area contributed by atoms with E-state index in [1.807, 2.05) is 32.0 Å². The number of hydrogen-bond donors (Lipinski definition) is 4. The van der Waals surface area contributed by atoms with Crippen LogP contribution in [0.2, 0.25) is 0 Å². The van der Waals surface area contributed by atoms with Crippen LogP contribution in [-0.2, 0) is 27.5 Å². The lowest BCUT2D eigenvalue weighted by atomic mass is 9.92. The van der Waals surface area contributed by atoms with Crippen LogP contribution in [0.3, 0.4) is 0 Å². The second kappa shape index (κ2) is 10.9. The molecule has 3 aromatic rings. The summed E-state index contributed by atoms with van der Waals surface area (Å²) in [5, 5.41) is 31.4. The molecule has 0 bridgehead atoms. The molecule has 0 aromatic heterocycles. The number of phenols is 1. The number of carbonyl (C=O) groups excluding carboxylic acids is 1. The first-order chi connectivity index (χ1) is 16.5. The Hall–Kier alpha value is -3.41. The third kappa shape index (κ3) is 6.38. The Kier molecular flexibility index (Phi) is 8.15. The molecule has 3 aromatic carbocycles. The first-order valence-electron chi connectivity index (χ1n) is 11.2. The standard InChI is InChI=1S/C27H30NO6P/c1-16-11-20(27(3,33)35-34)12-17(2)21(16)13-19-9-10-24(29)22(14-19)25(30)28-23(26(31)32)15-18-7-5-4-6-8-18/h4-12,14,23,29,33H,13,15,35H2,1-3H3,(H,28,30)(H,31,32). The average molecular weight is 496 g/mol. The normalized spacial score (nSPS) is 13.9. The van der Waals surface area contributed by atoms with Gasteiger partial charge in [-0.1, -0.05) is 48.5 Å². The molecule has 3 atom stereocenters. The van der Waals surface area contributed by atoms with Gasteiger partial charge in [0.05, 0.1) is 14.0 Å². The Labute approximate surface area is 205 Å². The van der Waals surface area contributed by atoms with Crippen molar-refractivity contribution in [3.8, 4) is 5.75 Å². The number of aliphatic hydroxyl groups is 1. The maximum absolute atomic E-state index is 12.9. The van der Waals surface area contributed by atoms with Crippen LogP contribution in [0.15, 0.2) is 60.7 Å². The highest BCUT2D eigenvalue weighted by atomic mass is 31.1. The summed E-state index contributed by atoms with van der Waals surface area (Å²) in [5.74, 6) is -2.08. The number of rotatable bonds is 9. The van der Waals surface area contributed by atoms with Gasteiger partial charge in [-0.25, -0.2) is 4.79 Å². The number of aryl methyl sites for hydroxylation is 2. The van der Waals surface area contributed by atoms with Crippen molar-refractivity contribution < 1.29 is 29.5 Å². The molecule has 8 heteroatoms. The number of aliphatic carboxylic acids is 1. The van der Waals surface area contributed by atoms with Gasteiger partial charge >= 0.3 is 5.97 Å². The summed E-state index contributed by atoms with van der Waals surface area (Å²) in [5.41, 5.74) is 4.89. The Morgan fingerprint density at radius 2 is 1.63 bits per heavy atom. The van der Waals surface area contributed by atoms with Crippen molar-refractivity contribution in [1.29, 1.82) is 0 Å². The SMILES string of the molecule is Cc1cc(C(C)(O)[PH2]=O)cc(C)c1Cc1ccc(O)c(C(=O)NC(Cc2ccccc2)C(=O)O)c1. The molecule has 35 heavy (non-hydrogen) atoms. The maximum Gasteiger partial charge on any atom is 0.326 e. The highest BCUT2D eigenvalue weighted by molar-refractivity contribution is 7.25. The van der Waals surface area contributed by atoms with Gasteiger partial charge in [0.2, 0.25) is 0 Å². The summed E-state index contributed by atoms with van der Waals surface area (Å²) in [6, 6.07) is 16.1. The number of phenolic OH excluding ortho intramolecular Hbond substituents is 1. The quantitative estimate of drug-likeness (QED) is 0.333. The summed E-state index contributed by atoms with van der Waals surface area (Å²) in [6.07, 6.45) is 0.569. The molecule has 0 aliphatic heterocycles. The molecule has 184 valence electrons. The number of carboxylic acids is 1. The molecule has 4 N–H and O–H groups in total. The lowest BCUT2D eigenvalue weighted by Gasteiger charge is -2.21. The lowest BCUT2D eigenvalue weighted by Crippen LogP contribution is -2.42. The van der Waals surface area contributed by atoms with Gasteiger partial charge in [-0.05, 0) is 72.7 Å². The topological polar surface area (TPSA) is 124 Å². The van der Waals surface area contributed by atoms with Gasteiger partial charge in [0.1, 0.15) is 17.1 Å². The number of benzene rings is 3. The molecule has 0 aliphatic carbocycles. The Bertz CT molecular complexity index is 1230. The van der Waals surface area contributed by atoms with Crippen molar-refractivity contribution in [2.24, 2.45) is 0 Å². The number of carboxylic acid groups (broad SMARTS) is 1. The summed E-state index contributed by atoms with van der Waals surface area (Å²) >= 11 is 0. The van der Waals surface area contributed by atoms with E-state index in [9.17, 15) is 29.5 Å². The van der Waals surface area contributed by atoms with Gasteiger partial charge in [-0.15, -0.1) is 0 Å². The number of carbonyl (C=O) groups is 2. The van der Waals surface area contributed by atoms with E-state index in [1.54, 1.807) is 36.4 Å². The lowest BCUT2D eigenvalue weighted by molar-refractivity contribution is -0.139. The van der Waals surface area contributed by atoms with E-state index in [1.165, 1.54) is 13.0 Å². The molecule has 0 saturated heterocycles. The molecule has 3 rings (SSSR count). The third-order valence-corrected chi connectivity index (χ3v) is 6.87. The van der Waals surface area contributed by atoms with Gasteiger partial charge in [0.25, 0.3) is 5.91 Å². The van der Waals surface area contributed by atoms with Gasteiger partial charge in [-0.2, -0.15) is 0 Å². The Morgan fingerprint density at radius 3 is 2.20 bits per heavy atom. The van der Waals surface area contributed by atoms with Gasteiger partial charge in [-0.3, -0.25) is 4.79 Å². The molecule has 0 saturated carbocycles. The summed E-state index contributed by atoms with van der Waals surface area (Å²) in [7, 11) is -1.41. The van der Waals surface area contributed by atoms with Crippen LogP contribution >= 0.6 is 8.46 Å². The third-order valence-electron chi connectivity index (χ3n) is 6.08. The fourth-order valence-electron chi connectivity index (χ4n) is 4.00. The average Bonchev–Trinajstić information content (AvgIpc) is 2.82. The van der Waals surface area contributed by atoms with Crippen molar-refractivity contribution in [2.45, 2.75) is 45.0 Å². The van der Waals surface area contributed by atoms with Crippen molar-refractivity contribution in [1.82, 2.24) is 5.32 Å². The molecular weight excluding hydrogens is 465 g/mol. The molecule has 0 heterocycles. The first-order valence-corrected chi connectivity index (χ1v) is 12.3. The fraction of sp³-hybridized carbons (Fsp3) is 0.259. The van der Waals surface area contributed by atoms with Crippen molar-refractivity contribution >= 4 is 20.3 Å². The number of aromatic hydroxyl groups is 1. The molecule has 7 nitrogen and oxygen atoms in total. The molecule has 0 fully saturated rings. The van der Waals surface area contributed by atoms with Gasteiger partial charge in [0.15, 0.2) is 0 Å². The van der Waals surface area contributed by atoms with E-state index in [0.717, 1.165) is 27.8 Å². The van der Waals surface area contributed by atoms with Crippen LogP contribution in [0.25, 0.3) is 0 Å². The predicted molar refractivity (Wildman–Crippen MR) is 136 cm³/mol. The zero-order valence-electron chi connectivity index (χ0n) is 19.9. The monoisotopic (exact) mass is 495 g/mol. The van der Waals surface area contributed by atoms with Gasteiger partial charge in [0, 0.05) is 6.42 Å². The van der Waals surface area contributed by atoms with Crippen LogP contribution in [-0.4, -0.2) is 33.2 Å². The number of nitrogens with one attached hydrogen (secondary N) is 1. The predicted octanol–water partition coefficient (Wildman–Crippen LogP) is 3.95. The smallest absolute Gasteiger partial charge is 0.326 e. The van der Waals surface area contributed by atoms with Crippen LogP contribution in [0.4, 0.5) is 0 Å². The van der Waals surface area contributed by atoms with Crippen LogP contribution < -0.4 is 5.32 Å². The van der Waals surface area contributed by atoms with Crippen molar-refractivity contribution in [3.63, 3.8) is 0 Å². The zero-order chi connectivity index (χ0) is 25.8. The van der Waals surface area contributed by atoms with E-state index < -0.39 is 31.7 Å². The molecule has 0 aliphatic rings. The first kappa shape index (κ1) is 26.2. The van der Waals surface area contributed by atoms with Crippen molar-refractivity contribution in [3.05, 3.63) is 99.6 Å². The van der Waals surface area contributed by atoms with Gasteiger partial charge < -0.3 is 25.2 Å². The van der Waals surface area contributed by atoms with Crippen LogP contribution in [0, 0.1) is 13.8 Å². The Morgan fingerprint density at radius 1 is 1.00 bits per heavy atom. The fourth-order valence-corrected chi connectivity index (χ4v) is 4.30. The highest BCUT2D eigenvalue weighted by Crippen LogP contribution is 2.34. The highest BCUT2D eigenvalue weighted by Gasteiger charge is 2.24. The molecule has 0 radical (unpaired) electrons. The second-order valence-corrected chi connectivity index (χ2v) is 10.3. The summed E-state index contributed by atoms with van der Waals surface area (Å²) in [4.78, 5) is 24.7. The molecule has 3 unspecified atom stereocenters. The summed E-state index contributed by atoms with van der Waals surface area (Å²) in [6.45, 7) is 5.32. The zero-order valence-corrected chi connectivity index (χ0v) is 21.1. The number of amides is 1. The number of hydrogen-bond acceptors (Lipinski definition) is 5. The minimum atomic E-state index is -1.41. The minimum absolute atomic E-state index is 0.00775. The molecular formula is C27H30NO6P. The van der Waals surface area contributed by atoms with Crippen LogP contribution in [0.1, 0.15) is 50.7 Å². The van der Waals surface area contributed by atoms with E-state index in [2.05, 4.69) is 5.32 Å². The van der Waals surface area contributed by atoms with E-state index in [4.69, 9.17) is 0 Å². The van der Waals surface area contributed by atoms with Crippen molar-refractivity contribution in [2.75, 3.05) is 0 Å². The van der Waals surface area contributed by atoms with E-state index >= 15 is 0 Å². The summed E-state index contributed by atoms with van der Waals surface area (Å²) < 4.78 is 11.4. The largest absolute Gasteiger partial charge is 0.507 e. The minimum Gasteiger partial charge on any atom is -0.507 e. The second-order valence-electron chi connectivity index (χ2n) is 8.94. The van der Waals surface area contributed by atoms with Crippen LogP contribution in [0.5, 0.6) is 5.75 Å². The Balaban J connectivity index is 1.84. The van der Waals surface area contributed by atoms with E-state index in [-0.39, 0.29) is 17.7 Å². The molecule has 1 amide bonds.